The summed E-state index contributed by atoms with van der Waals surface area (Å²) < 4.78 is 6.82. The summed E-state index contributed by atoms with van der Waals surface area (Å²) in [5, 5.41) is 20.4. The van der Waals surface area contributed by atoms with Gasteiger partial charge in [-0.1, -0.05) is 48.0 Å². The zero-order chi connectivity index (χ0) is 22.3. The molecule has 0 fully saturated rings. The van der Waals surface area contributed by atoms with Crippen molar-refractivity contribution in [2.45, 2.75) is 40.3 Å². The van der Waals surface area contributed by atoms with E-state index in [4.69, 9.17) is 14.4 Å². The third kappa shape index (κ3) is 6.42. The van der Waals surface area contributed by atoms with Crippen molar-refractivity contribution in [3.63, 3.8) is 0 Å². The molecule has 0 aliphatic heterocycles. The Kier molecular flexibility index (Phi) is 8.60. The molecular weight excluding hydrogens is 410 g/mol. The zero-order valence-corrected chi connectivity index (χ0v) is 18.0. The van der Waals surface area contributed by atoms with Crippen molar-refractivity contribution in [3.05, 3.63) is 69.3 Å². The van der Waals surface area contributed by atoms with Gasteiger partial charge in [-0.2, -0.15) is 0 Å². The second-order valence-electron chi connectivity index (χ2n) is 7.16. The average Bonchev–Trinajstić information content (AvgIpc) is 2.70. The molecular formula is C20H25N3O6S. The second-order valence-corrected chi connectivity index (χ2v) is 7.91. The van der Waals surface area contributed by atoms with Crippen LogP contribution in [0, 0.1) is 29.9 Å². The van der Waals surface area contributed by atoms with Gasteiger partial charge in [-0.25, -0.2) is 9.79 Å². The summed E-state index contributed by atoms with van der Waals surface area (Å²) >= 11 is 0.783. The Labute approximate surface area is 179 Å². The van der Waals surface area contributed by atoms with Crippen molar-refractivity contribution in [2.24, 2.45) is 5.92 Å². The normalized spacial score (nSPS) is 12.1. The number of hydrogen-bond donors (Lipinski definition) is 2. The molecule has 1 amide bonds. The molecule has 10 heteroatoms. The minimum Gasteiger partial charge on any atom is -0.324 e. The van der Waals surface area contributed by atoms with Crippen molar-refractivity contribution in [3.8, 4) is 5.75 Å². The van der Waals surface area contributed by atoms with Gasteiger partial charge < -0.3 is 4.89 Å². The minimum atomic E-state index is -0.790. The van der Waals surface area contributed by atoms with Gasteiger partial charge in [0.05, 0.1) is 4.92 Å². The lowest BCUT2D eigenvalue weighted by molar-refractivity contribution is -0.385. The molecule has 0 aliphatic rings. The number of carbonyl (C=O) groups is 1. The molecule has 30 heavy (non-hydrogen) atoms. The SMILES string of the molecule is Cc1ccc(OOSN(Cc2ccc(C)c([N+](=O)[O-])c2)[C@@H](C(=O)NO)C(C)C)cc1. The molecule has 0 saturated heterocycles. The molecule has 0 saturated carbocycles. The largest absolute Gasteiger partial charge is 0.324 e. The van der Waals surface area contributed by atoms with E-state index in [0.717, 1.165) is 17.8 Å². The van der Waals surface area contributed by atoms with E-state index < -0.39 is 16.9 Å². The summed E-state index contributed by atoms with van der Waals surface area (Å²) in [7, 11) is 0. The summed E-state index contributed by atoms with van der Waals surface area (Å²) in [4.78, 5) is 28.3. The molecule has 1 atom stereocenters. The Hall–Kier alpha value is -2.66. The number of hydroxylamine groups is 1. The van der Waals surface area contributed by atoms with Crippen molar-refractivity contribution in [2.75, 3.05) is 0 Å². The predicted octanol–water partition coefficient (Wildman–Crippen LogP) is 4.12. The molecule has 0 aromatic heterocycles. The summed E-state index contributed by atoms with van der Waals surface area (Å²) in [6.45, 7) is 7.36. The molecule has 2 aromatic rings. The summed E-state index contributed by atoms with van der Waals surface area (Å²) in [5.74, 6) is -0.349. The second kappa shape index (κ2) is 10.9. The van der Waals surface area contributed by atoms with Crippen LogP contribution in [-0.2, 0) is 15.7 Å². The Balaban J connectivity index is 2.21. The lowest BCUT2D eigenvalue weighted by Gasteiger charge is -2.30. The Morgan fingerprint density at radius 1 is 1.23 bits per heavy atom. The van der Waals surface area contributed by atoms with E-state index in [-0.39, 0.29) is 18.2 Å². The molecule has 0 spiro atoms. The number of aryl methyl sites for hydroxylation is 2. The minimum absolute atomic E-state index is 0.0121. The number of nitrogens with one attached hydrogen (secondary N) is 1. The van der Waals surface area contributed by atoms with E-state index in [1.54, 1.807) is 41.0 Å². The molecule has 0 unspecified atom stereocenters. The van der Waals surface area contributed by atoms with Crippen LogP contribution in [0.2, 0.25) is 0 Å². The van der Waals surface area contributed by atoms with Gasteiger partial charge in [0.25, 0.3) is 11.6 Å². The van der Waals surface area contributed by atoms with Crippen LogP contribution >= 0.6 is 12.2 Å². The molecule has 162 valence electrons. The van der Waals surface area contributed by atoms with E-state index in [9.17, 15) is 14.9 Å². The zero-order valence-electron chi connectivity index (χ0n) is 17.2. The fraction of sp³-hybridized carbons (Fsp3) is 0.350. The van der Waals surface area contributed by atoms with Crippen LogP contribution in [0.4, 0.5) is 5.69 Å². The van der Waals surface area contributed by atoms with Crippen LogP contribution in [0.5, 0.6) is 5.75 Å². The predicted molar refractivity (Wildman–Crippen MR) is 112 cm³/mol. The van der Waals surface area contributed by atoms with E-state index in [1.807, 2.05) is 32.9 Å². The number of carbonyl (C=O) groups excluding carboxylic acids is 1. The number of hydrogen-bond acceptors (Lipinski definition) is 8. The number of benzene rings is 2. The Morgan fingerprint density at radius 2 is 1.90 bits per heavy atom. The highest BCUT2D eigenvalue weighted by molar-refractivity contribution is 7.92. The average molecular weight is 436 g/mol. The van der Waals surface area contributed by atoms with Crippen LogP contribution < -0.4 is 10.4 Å². The quantitative estimate of drug-likeness (QED) is 0.143. The van der Waals surface area contributed by atoms with Crippen LogP contribution in [0.1, 0.15) is 30.5 Å². The maximum atomic E-state index is 12.3. The Bertz CT molecular complexity index is 875. The number of nitrogens with zero attached hydrogens (tertiary/aromatic N) is 2. The first-order valence-electron chi connectivity index (χ1n) is 9.25. The number of nitro groups is 1. The van der Waals surface area contributed by atoms with E-state index in [2.05, 4.69) is 0 Å². The van der Waals surface area contributed by atoms with E-state index in [0.29, 0.717) is 16.9 Å². The van der Waals surface area contributed by atoms with Crippen molar-refractivity contribution >= 4 is 23.8 Å². The van der Waals surface area contributed by atoms with Gasteiger partial charge in [-0.3, -0.25) is 20.1 Å². The van der Waals surface area contributed by atoms with Gasteiger partial charge in [-0.05, 0) is 37.5 Å². The highest BCUT2D eigenvalue weighted by atomic mass is 32.2. The standard InChI is InChI=1S/C20H25N3O6S/c1-13(2)19(20(24)21-25)22(30-29-28-17-9-5-14(3)6-10-17)12-16-8-7-15(4)18(11-16)23(26)27/h5-11,13,19,25H,12H2,1-4H3,(H,21,24)/t19-/m1/s1. The van der Waals surface area contributed by atoms with Crippen molar-refractivity contribution in [1.29, 1.82) is 0 Å². The van der Waals surface area contributed by atoms with Gasteiger partial charge >= 0.3 is 0 Å². The lowest BCUT2D eigenvalue weighted by atomic mass is 10.0. The van der Waals surface area contributed by atoms with Crippen molar-refractivity contribution in [1.82, 2.24) is 9.79 Å². The van der Waals surface area contributed by atoms with Crippen molar-refractivity contribution < 1.29 is 24.1 Å². The first-order valence-corrected chi connectivity index (χ1v) is 9.95. The summed E-state index contributed by atoms with van der Waals surface area (Å²) in [6.07, 6.45) is 0. The van der Waals surface area contributed by atoms with Gasteiger partial charge in [0.1, 0.15) is 18.3 Å². The topological polar surface area (TPSA) is 114 Å². The fourth-order valence-corrected chi connectivity index (χ4v) is 3.64. The summed E-state index contributed by atoms with van der Waals surface area (Å²) in [6, 6.07) is 11.3. The van der Waals surface area contributed by atoms with Gasteiger partial charge in [-0.15, -0.1) is 0 Å². The lowest BCUT2D eigenvalue weighted by Crippen LogP contribution is -2.46. The number of rotatable bonds is 10. The van der Waals surface area contributed by atoms with Gasteiger partial charge in [0.15, 0.2) is 5.75 Å². The number of amides is 1. The summed E-state index contributed by atoms with van der Waals surface area (Å²) in [5.41, 5.74) is 3.87. The third-order valence-corrected chi connectivity index (χ3v) is 5.08. The molecule has 0 radical (unpaired) electrons. The van der Waals surface area contributed by atoms with Crippen LogP contribution in [0.15, 0.2) is 42.5 Å². The van der Waals surface area contributed by atoms with E-state index >= 15 is 0 Å². The first-order chi connectivity index (χ1) is 14.2. The highest BCUT2D eigenvalue weighted by Crippen LogP contribution is 2.28. The van der Waals surface area contributed by atoms with Crippen LogP contribution in [-0.4, -0.2) is 26.4 Å². The molecule has 2 N–H and O–H groups in total. The molecule has 0 heterocycles. The van der Waals surface area contributed by atoms with Gasteiger partial charge in [0, 0.05) is 18.2 Å². The maximum Gasteiger partial charge on any atom is 0.272 e. The maximum absolute atomic E-state index is 12.3. The smallest absolute Gasteiger partial charge is 0.272 e. The first kappa shape index (κ1) is 23.6. The molecule has 2 rings (SSSR count). The highest BCUT2D eigenvalue weighted by Gasteiger charge is 2.31. The van der Waals surface area contributed by atoms with Crippen LogP contribution in [0.3, 0.4) is 0 Å². The van der Waals surface area contributed by atoms with Gasteiger partial charge in [0.2, 0.25) is 0 Å². The van der Waals surface area contributed by atoms with Crippen LogP contribution in [0.25, 0.3) is 0 Å². The number of nitro benzene ring substituents is 1. The molecule has 9 nitrogen and oxygen atoms in total. The molecule has 2 aromatic carbocycles. The van der Waals surface area contributed by atoms with E-state index in [1.165, 1.54) is 6.07 Å². The monoisotopic (exact) mass is 435 g/mol. The molecule has 0 aliphatic carbocycles. The Morgan fingerprint density at radius 3 is 2.47 bits per heavy atom. The molecule has 0 bridgehead atoms. The third-order valence-electron chi connectivity index (χ3n) is 4.41. The fourth-order valence-electron chi connectivity index (χ4n) is 2.82.